The molecule has 0 aromatic carbocycles. The third kappa shape index (κ3) is 3.76. The number of rotatable bonds is 4. The SMILES string of the molecule is CN(C)C(=O)CCCN1CCNCC1(C)C. The lowest BCUT2D eigenvalue weighted by Crippen LogP contribution is -2.58. The third-order valence-corrected chi connectivity index (χ3v) is 3.29. The summed E-state index contributed by atoms with van der Waals surface area (Å²) in [5.74, 6) is 0.230. The van der Waals surface area contributed by atoms with E-state index in [0.717, 1.165) is 32.6 Å². The second kappa shape index (κ2) is 5.64. The van der Waals surface area contributed by atoms with Gasteiger partial charge in [0.05, 0.1) is 0 Å². The average Bonchev–Trinajstić information content (AvgIpc) is 2.19. The fourth-order valence-electron chi connectivity index (χ4n) is 2.08. The van der Waals surface area contributed by atoms with Crippen molar-refractivity contribution < 1.29 is 4.79 Å². The lowest BCUT2D eigenvalue weighted by molar-refractivity contribution is -0.128. The fraction of sp³-hybridized carbons (Fsp3) is 0.917. The summed E-state index contributed by atoms with van der Waals surface area (Å²) < 4.78 is 0. The highest BCUT2D eigenvalue weighted by molar-refractivity contribution is 5.75. The van der Waals surface area contributed by atoms with Gasteiger partial charge in [-0.2, -0.15) is 0 Å². The van der Waals surface area contributed by atoms with E-state index in [1.165, 1.54) is 0 Å². The molecule has 0 aromatic heterocycles. The Morgan fingerprint density at radius 3 is 2.69 bits per heavy atom. The van der Waals surface area contributed by atoms with Gasteiger partial charge in [-0.15, -0.1) is 0 Å². The minimum Gasteiger partial charge on any atom is -0.349 e. The molecule has 1 aliphatic heterocycles. The molecular formula is C12H25N3O. The van der Waals surface area contributed by atoms with Crippen molar-refractivity contribution in [2.45, 2.75) is 32.2 Å². The molecule has 16 heavy (non-hydrogen) atoms. The standard InChI is InChI=1S/C12H25N3O/c1-12(2)10-13-7-9-15(12)8-5-6-11(16)14(3)4/h13H,5-10H2,1-4H3. The monoisotopic (exact) mass is 227 g/mol. The molecule has 0 aliphatic carbocycles. The van der Waals surface area contributed by atoms with Crippen molar-refractivity contribution in [3.8, 4) is 0 Å². The third-order valence-electron chi connectivity index (χ3n) is 3.29. The summed E-state index contributed by atoms with van der Waals surface area (Å²) in [5, 5.41) is 3.41. The van der Waals surface area contributed by atoms with Gasteiger partial charge in [-0.25, -0.2) is 0 Å². The molecule has 1 amide bonds. The van der Waals surface area contributed by atoms with Gasteiger partial charge in [-0.1, -0.05) is 0 Å². The van der Waals surface area contributed by atoms with Crippen LogP contribution in [0, 0.1) is 0 Å². The van der Waals surface area contributed by atoms with Gasteiger partial charge >= 0.3 is 0 Å². The van der Waals surface area contributed by atoms with Crippen LogP contribution in [-0.2, 0) is 4.79 Å². The van der Waals surface area contributed by atoms with Crippen LogP contribution in [0.3, 0.4) is 0 Å². The molecule has 0 bridgehead atoms. The number of hydrogen-bond donors (Lipinski definition) is 1. The van der Waals surface area contributed by atoms with E-state index in [0.29, 0.717) is 6.42 Å². The molecule has 0 unspecified atom stereocenters. The first kappa shape index (κ1) is 13.5. The van der Waals surface area contributed by atoms with Crippen molar-refractivity contribution in [3.63, 3.8) is 0 Å². The van der Waals surface area contributed by atoms with Crippen molar-refractivity contribution in [2.75, 3.05) is 40.3 Å². The normalized spacial score (nSPS) is 20.8. The first-order valence-corrected chi connectivity index (χ1v) is 6.09. The van der Waals surface area contributed by atoms with Crippen LogP contribution in [0.5, 0.6) is 0 Å². The Labute approximate surface area is 99.0 Å². The molecule has 0 spiro atoms. The van der Waals surface area contributed by atoms with E-state index in [-0.39, 0.29) is 11.4 Å². The Morgan fingerprint density at radius 2 is 2.12 bits per heavy atom. The highest BCUT2D eigenvalue weighted by Crippen LogP contribution is 2.16. The lowest BCUT2D eigenvalue weighted by atomic mass is 10.00. The van der Waals surface area contributed by atoms with E-state index < -0.39 is 0 Å². The van der Waals surface area contributed by atoms with Crippen LogP contribution in [0.4, 0.5) is 0 Å². The minimum absolute atomic E-state index is 0.222. The zero-order valence-electron chi connectivity index (χ0n) is 11.0. The van der Waals surface area contributed by atoms with Crippen molar-refractivity contribution >= 4 is 5.91 Å². The lowest BCUT2D eigenvalue weighted by Gasteiger charge is -2.42. The first-order chi connectivity index (χ1) is 7.43. The van der Waals surface area contributed by atoms with Crippen LogP contribution in [0.15, 0.2) is 0 Å². The van der Waals surface area contributed by atoms with E-state index in [9.17, 15) is 4.79 Å². The first-order valence-electron chi connectivity index (χ1n) is 6.09. The molecule has 1 heterocycles. The maximum absolute atomic E-state index is 11.4. The van der Waals surface area contributed by atoms with E-state index >= 15 is 0 Å². The highest BCUT2D eigenvalue weighted by atomic mass is 16.2. The van der Waals surface area contributed by atoms with Crippen molar-refractivity contribution in [1.29, 1.82) is 0 Å². The summed E-state index contributed by atoms with van der Waals surface area (Å²) in [7, 11) is 3.63. The number of piperazine rings is 1. The molecule has 0 atom stereocenters. The van der Waals surface area contributed by atoms with Gasteiger partial charge in [0, 0.05) is 45.7 Å². The Hall–Kier alpha value is -0.610. The Bertz CT molecular complexity index is 238. The number of nitrogens with one attached hydrogen (secondary N) is 1. The van der Waals surface area contributed by atoms with Gasteiger partial charge in [0.1, 0.15) is 0 Å². The largest absolute Gasteiger partial charge is 0.349 e. The zero-order chi connectivity index (χ0) is 12.2. The van der Waals surface area contributed by atoms with Gasteiger partial charge in [0.2, 0.25) is 5.91 Å². The molecule has 0 saturated carbocycles. The van der Waals surface area contributed by atoms with E-state index in [1.807, 2.05) is 14.1 Å². The smallest absolute Gasteiger partial charge is 0.222 e. The van der Waals surface area contributed by atoms with Gasteiger partial charge in [-0.05, 0) is 26.8 Å². The average molecular weight is 227 g/mol. The maximum atomic E-state index is 11.4. The molecule has 1 fully saturated rings. The quantitative estimate of drug-likeness (QED) is 0.761. The van der Waals surface area contributed by atoms with Crippen molar-refractivity contribution in [2.24, 2.45) is 0 Å². The molecule has 94 valence electrons. The molecule has 1 rings (SSSR count). The van der Waals surface area contributed by atoms with E-state index in [4.69, 9.17) is 0 Å². The van der Waals surface area contributed by atoms with Gasteiger partial charge < -0.3 is 10.2 Å². The molecule has 1 saturated heterocycles. The number of carbonyl (C=O) groups excluding carboxylic acids is 1. The second-order valence-electron chi connectivity index (χ2n) is 5.37. The van der Waals surface area contributed by atoms with Crippen molar-refractivity contribution in [1.82, 2.24) is 15.1 Å². The number of carbonyl (C=O) groups is 1. The highest BCUT2D eigenvalue weighted by Gasteiger charge is 2.28. The Morgan fingerprint density at radius 1 is 1.44 bits per heavy atom. The summed E-state index contributed by atoms with van der Waals surface area (Å²) in [6, 6.07) is 0. The molecule has 0 aromatic rings. The van der Waals surface area contributed by atoms with Gasteiger partial charge in [-0.3, -0.25) is 9.69 Å². The molecular weight excluding hydrogens is 202 g/mol. The zero-order valence-corrected chi connectivity index (χ0v) is 11.0. The van der Waals surface area contributed by atoms with Crippen LogP contribution in [0.25, 0.3) is 0 Å². The summed E-state index contributed by atoms with van der Waals surface area (Å²) in [6.07, 6.45) is 1.62. The second-order valence-corrected chi connectivity index (χ2v) is 5.37. The van der Waals surface area contributed by atoms with Crippen LogP contribution >= 0.6 is 0 Å². The van der Waals surface area contributed by atoms with E-state index in [1.54, 1.807) is 4.90 Å². The topological polar surface area (TPSA) is 35.6 Å². The molecule has 0 radical (unpaired) electrons. The Balaban J connectivity index is 2.29. The van der Waals surface area contributed by atoms with Gasteiger partial charge in [0.15, 0.2) is 0 Å². The molecule has 4 heteroatoms. The van der Waals surface area contributed by atoms with Crippen LogP contribution < -0.4 is 5.32 Å². The predicted molar refractivity (Wildman–Crippen MR) is 66.4 cm³/mol. The number of amides is 1. The molecule has 1 N–H and O–H groups in total. The summed E-state index contributed by atoms with van der Waals surface area (Å²) in [4.78, 5) is 15.6. The number of hydrogen-bond acceptors (Lipinski definition) is 3. The van der Waals surface area contributed by atoms with Gasteiger partial charge in [0.25, 0.3) is 0 Å². The Kier molecular flexibility index (Phi) is 4.74. The number of nitrogens with zero attached hydrogens (tertiary/aromatic N) is 2. The van der Waals surface area contributed by atoms with Crippen LogP contribution in [-0.4, -0.2) is 61.5 Å². The minimum atomic E-state index is 0.222. The summed E-state index contributed by atoms with van der Waals surface area (Å²) in [6.45, 7) is 8.72. The maximum Gasteiger partial charge on any atom is 0.222 e. The predicted octanol–water partition coefficient (Wildman–Crippen LogP) is 0.539. The van der Waals surface area contributed by atoms with Crippen molar-refractivity contribution in [3.05, 3.63) is 0 Å². The fourth-order valence-corrected chi connectivity index (χ4v) is 2.08. The van der Waals surface area contributed by atoms with E-state index in [2.05, 4.69) is 24.1 Å². The van der Waals surface area contributed by atoms with Crippen LogP contribution in [0.1, 0.15) is 26.7 Å². The summed E-state index contributed by atoms with van der Waals surface area (Å²) >= 11 is 0. The van der Waals surface area contributed by atoms with Crippen LogP contribution in [0.2, 0.25) is 0 Å². The molecule has 4 nitrogen and oxygen atoms in total. The molecule has 1 aliphatic rings. The summed E-state index contributed by atoms with van der Waals surface area (Å²) in [5.41, 5.74) is 0.222.